The number of nitrogens with two attached hydrogens (primary N) is 1. The third-order valence-electron chi connectivity index (χ3n) is 3.09. The van der Waals surface area contributed by atoms with Crippen LogP contribution in [0.4, 0.5) is 17.6 Å². The number of hydrogen-bond acceptors (Lipinski definition) is 2. The van der Waals surface area contributed by atoms with E-state index in [1.54, 1.807) is 6.07 Å². The van der Waals surface area contributed by atoms with Crippen molar-refractivity contribution in [2.45, 2.75) is 12.5 Å². The van der Waals surface area contributed by atoms with Crippen molar-refractivity contribution in [2.24, 2.45) is 5.73 Å². The van der Waals surface area contributed by atoms with E-state index in [9.17, 15) is 17.6 Å². The van der Waals surface area contributed by atoms with Crippen molar-refractivity contribution in [3.05, 3.63) is 64.7 Å². The van der Waals surface area contributed by atoms with Crippen LogP contribution in [0.15, 0.2) is 30.3 Å². The SMILES string of the molecule is COc1ccc(CC(N)c2c(F)cc(F)cc2F)cc1F. The first-order valence-electron chi connectivity index (χ1n) is 6.14. The first kappa shape index (κ1) is 15.3. The van der Waals surface area contributed by atoms with Gasteiger partial charge in [0.05, 0.1) is 7.11 Å². The van der Waals surface area contributed by atoms with Gasteiger partial charge < -0.3 is 10.5 Å². The van der Waals surface area contributed by atoms with Crippen LogP contribution in [0.2, 0.25) is 0 Å². The van der Waals surface area contributed by atoms with Gasteiger partial charge in [-0.15, -0.1) is 0 Å². The molecule has 0 aromatic heterocycles. The van der Waals surface area contributed by atoms with Gasteiger partial charge in [-0.25, -0.2) is 17.6 Å². The summed E-state index contributed by atoms with van der Waals surface area (Å²) in [5, 5.41) is 0. The maximum absolute atomic E-state index is 13.6. The summed E-state index contributed by atoms with van der Waals surface area (Å²) >= 11 is 0. The summed E-state index contributed by atoms with van der Waals surface area (Å²) in [5.41, 5.74) is 5.77. The number of rotatable bonds is 4. The second kappa shape index (κ2) is 6.13. The van der Waals surface area contributed by atoms with Crippen LogP contribution < -0.4 is 10.5 Å². The van der Waals surface area contributed by atoms with Crippen molar-refractivity contribution >= 4 is 0 Å². The fraction of sp³-hybridized carbons (Fsp3) is 0.200. The van der Waals surface area contributed by atoms with Crippen molar-refractivity contribution in [2.75, 3.05) is 7.11 Å². The minimum Gasteiger partial charge on any atom is -0.494 e. The van der Waals surface area contributed by atoms with Crippen LogP contribution in [0.3, 0.4) is 0 Å². The summed E-state index contributed by atoms with van der Waals surface area (Å²) in [7, 11) is 1.33. The molecule has 21 heavy (non-hydrogen) atoms. The minimum atomic E-state index is -1.06. The lowest BCUT2D eigenvalue weighted by Crippen LogP contribution is -2.17. The second-order valence-corrected chi connectivity index (χ2v) is 4.56. The van der Waals surface area contributed by atoms with Gasteiger partial charge in [0, 0.05) is 23.7 Å². The lowest BCUT2D eigenvalue weighted by molar-refractivity contribution is 0.386. The summed E-state index contributed by atoms with van der Waals surface area (Å²) in [4.78, 5) is 0. The molecule has 1 unspecified atom stereocenters. The molecule has 0 heterocycles. The molecule has 2 nitrogen and oxygen atoms in total. The lowest BCUT2D eigenvalue weighted by atomic mass is 9.98. The molecule has 6 heteroatoms. The van der Waals surface area contributed by atoms with Crippen LogP contribution in [-0.4, -0.2) is 7.11 Å². The Morgan fingerprint density at radius 3 is 2.14 bits per heavy atom. The second-order valence-electron chi connectivity index (χ2n) is 4.56. The Morgan fingerprint density at radius 2 is 1.62 bits per heavy atom. The van der Waals surface area contributed by atoms with E-state index in [1.807, 2.05) is 0 Å². The van der Waals surface area contributed by atoms with Gasteiger partial charge in [0.2, 0.25) is 0 Å². The average Bonchev–Trinajstić information content (AvgIpc) is 2.37. The van der Waals surface area contributed by atoms with Crippen LogP contribution in [-0.2, 0) is 6.42 Å². The molecule has 2 aromatic carbocycles. The quantitative estimate of drug-likeness (QED) is 0.877. The van der Waals surface area contributed by atoms with Crippen molar-refractivity contribution in [3.63, 3.8) is 0 Å². The molecule has 0 aliphatic heterocycles. The minimum absolute atomic E-state index is 0.000384. The molecule has 1 atom stereocenters. The molecule has 2 N–H and O–H groups in total. The third-order valence-corrected chi connectivity index (χ3v) is 3.09. The van der Waals surface area contributed by atoms with E-state index >= 15 is 0 Å². The highest BCUT2D eigenvalue weighted by Gasteiger charge is 2.19. The lowest BCUT2D eigenvalue weighted by Gasteiger charge is -2.14. The van der Waals surface area contributed by atoms with Crippen LogP contribution >= 0.6 is 0 Å². The summed E-state index contributed by atoms with van der Waals surface area (Å²) in [6, 6.07) is 4.19. The highest BCUT2D eigenvalue weighted by atomic mass is 19.1. The van der Waals surface area contributed by atoms with E-state index in [0.29, 0.717) is 17.7 Å². The van der Waals surface area contributed by atoms with E-state index in [4.69, 9.17) is 10.5 Å². The summed E-state index contributed by atoms with van der Waals surface area (Å²) in [6.07, 6.45) is 0.000384. The highest BCUT2D eigenvalue weighted by molar-refractivity contribution is 5.32. The molecular formula is C15H13F4NO. The number of methoxy groups -OCH3 is 1. The molecule has 0 bridgehead atoms. The topological polar surface area (TPSA) is 35.2 Å². The van der Waals surface area contributed by atoms with Crippen molar-refractivity contribution in [3.8, 4) is 5.75 Å². The first-order valence-corrected chi connectivity index (χ1v) is 6.14. The Labute approximate surface area is 119 Å². The number of ether oxygens (including phenoxy) is 1. The number of hydrogen-bond donors (Lipinski definition) is 1. The van der Waals surface area contributed by atoms with Crippen LogP contribution in [0, 0.1) is 23.3 Å². The summed E-state index contributed by atoms with van der Waals surface area (Å²) in [5.74, 6) is -3.67. The largest absolute Gasteiger partial charge is 0.494 e. The molecule has 0 saturated carbocycles. The molecule has 112 valence electrons. The van der Waals surface area contributed by atoms with Gasteiger partial charge in [0.25, 0.3) is 0 Å². The molecule has 0 aliphatic rings. The third kappa shape index (κ3) is 3.33. The highest BCUT2D eigenvalue weighted by Crippen LogP contribution is 2.25. The predicted octanol–water partition coefficient (Wildman–Crippen LogP) is 3.49. The Hall–Kier alpha value is -2.08. The monoisotopic (exact) mass is 299 g/mol. The zero-order chi connectivity index (χ0) is 15.6. The number of halogens is 4. The first-order chi connectivity index (χ1) is 9.92. The van der Waals surface area contributed by atoms with Crippen LogP contribution in [0.5, 0.6) is 5.75 Å². The average molecular weight is 299 g/mol. The van der Waals surface area contributed by atoms with Crippen molar-refractivity contribution < 1.29 is 22.3 Å². The van der Waals surface area contributed by atoms with Crippen LogP contribution in [0.1, 0.15) is 17.2 Å². The van der Waals surface area contributed by atoms with Gasteiger partial charge in [-0.1, -0.05) is 6.07 Å². The van der Waals surface area contributed by atoms with Crippen molar-refractivity contribution in [1.29, 1.82) is 0 Å². The fourth-order valence-electron chi connectivity index (χ4n) is 2.10. The Balaban J connectivity index is 2.26. The van der Waals surface area contributed by atoms with E-state index in [0.717, 1.165) is 0 Å². The Kier molecular flexibility index (Phi) is 4.47. The smallest absolute Gasteiger partial charge is 0.165 e. The van der Waals surface area contributed by atoms with Crippen molar-refractivity contribution in [1.82, 2.24) is 0 Å². The van der Waals surface area contributed by atoms with Gasteiger partial charge in [0.1, 0.15) is 17.5 Å². The van der Waals surface area contributed by atoms with Gasteiger partial charge in [-0.2, -0.15) is 0 Å². The molecule has 0 radical (unpaired) electrons. The Bertz CT molecular complexity index is 637. The zero-order valence-corrected chi connectivity index (χ0v) is 11.2. The van der Waals surface area contributed by atoms with E-state index in [1.165, 1.54) is 19.2 Å². The van der Waals surface area contributed by atoms with Crippen LogP contribution in [0.25, 0.3) is 0 Å². The van der Waals surface area contributed by atoms with E-state index < -0.39 is 34.9 Å². The summed E-state index contributed by atoms with van der Waals surface area (Å²) < 4.78 is 58.4. The van der Waals surface area contributed by atoms with Gasteiger partial charge in [0.15, 0.2) is 11.6 Å². The van der Waals surface area contributed by atoms with E-state index in [-0.39, 0.29) is 12.2 Å². The van der Waals surface area contributed by atoms with Gasteiger partial charge in [-0.3, -0.25) is 0 Å². The molecule has 0 spiro atoms. The summed E-state index contributed by atoms with van der Waals surface area (Å²) in [6.45, 7) is 0. The number of benzene rings is 2. The fourth-order valence-corrected chi connectivity index (χ4v) is 2.10. The zero-order valence-electron chi connectivity index (χ0n) is 11.2. The molecule has 2 aromatic rings. The standard InChI is InChI=1S/C15H13F4NO/c1-21-14-3-2-8(4-10(14)17)5-13(20)15-11(18)6-9(16)7-12(15)19/h2-4,6-7,13H,5,20H2,1H3. The van der Waals surface area contributed by atoms with Gasteiger partial charge >= 0.3 is 0 Å². The molecule has 0 fully saturated rings. The van der Waals surface area contributed by atoms with Gasteiger partial charge in [-0.05, 0) is 24.1 Å². The molecule has 2 rings (SSSR count). The Morgan fingerprint density at radius 1 is 1.00 bits per heavy atom. The maximum Gasteiger partial charge on any atom is 0.165 e. The van der Waals surface area contributed by atoms with E-state index in [2.05, 4.69) is 0 Å². The maximum atomic E-state index is 13.6. The predicted molar refractivity (Wildman–Crippen MR) is 69.9 cm³/mol. The molecule has 0 saturated heterocycles. The molecular weight excluding hydrogens is 286 g/mol. The molecule has 0 aliphatic carbocycles. The normalized spacial score (nSPS) is 12.3. The molecule has 0 amide bonds.